The van der Waals surface area contributed by atoms with Crippen LogP contribution in [0.15, 0.2) is 24.3 Å². The van der Waals surface area contributed by atoms with Gasteiger partial charge in [0.15, 0.2) is 0 Å². The lowest BCUT2D eigenvalue weighted by molar-refractivity contribution is -0.145. The van der Waals surface area contributed by atoms with Gasteiger partial charge >= 0.3 is 5.97 Å². The second-order valence-corrected chi connectivity index (χ2v) is 7.33. The minimum atomic E-state index is -3.54. The zero-order valence-electron chi connectivity index (χ0n) is 11.8. The number of carbonyl (C=O) groups excluding carboxylic acids is 1. The van der Waals surface area contributed by atoms with Crippen molar-refractivity contribution < 1.29 is 17.9 Å². The number of carbonyl (C=O) groups is 1. The van der Waals surface area contributed by atoms with E-state index in [0.717, 1.165) is 11.1 Å². The Hall–Kier alpha value is -1.11. The summed E-state index contributed by atoms with van der Waals surface area (Å²) in [7, 11) is -2.27. The Morgan fingerprint density at radius 2 is 2.05 bits per heavy atom. The summed E-state index contributed by atoms with van der Waals surface area (Å²) >= 11 is 5.58. The summed E-state index contributed by atoms with van der Waals surface area (Å²) < 4.78 is 30.9. The Morgan fingerprint density at radius 3 is 2.67 bits per heavy atom. The molecule has 5 nitrogen and oxygen atoms in total. The first-order valence-corrected chi connectivity index (χ1v) is 8.84. The van der Waals surface area contributed by atoms with Gasteiger partial charge in [0.25, 0.3) is 0 Å². The summed E-state index contributed by atoms with van der Waals surface area (Å²) in [4.78, 5) is 12.0. The highest BCUT2D eigenvalue weighted by Crippen LogP contribution is 2.27. The van der Waals surface area contributed by atoms with Gasteiger partial charge in [0.1, 0.15) is 6.04 Å². The molecule has 1 aromatic rings. The Kier molecular flexibility index (Phi) is 5.24. The molecule has 1 aliphatic rings. The van der Waals surface area contributed by atoms with Gasteiger partial charge in [0.2, 0.25) is 10.0 Å². The lowest BCUT2D eigenvalue weighted by Gasteiger charge is -2.34. The van der Waals surface area contributed by atoms with Crippen LogP contribution in [-0.2, 0) is 32.5 Å². The van der Waals surface area contributed by atoms with E-state index in [0.29, 0.717) is 12.8 Å². The van der Waals surface area contributed by atoms with Crippen molar-refractivity contribution in [3.8, 4) is 0 Å². The molecule has 0 N–H and O–H groups in total. The largest absolute Gasteiger partial charge is 0.468 e. The summed E-state index contributed by atoms with van der Waals surface area (Å²) in [5.74, 6) is -0.322. The molecule has 0 bridgehead atoms. The molecule has 0 radical (unpaired) electrons. The van der Waals surface area contributed by atoms with E-state index in [4.69, 9.17) is 16.3 Å². The van der Waals surface area contributed by atoms with Gasteiger partial charge in [0, 0.05) is 18.8 Å². The standard InChI is InChI=1S/C14H18ClNO4S/c1-20-14(17)13-9-11-5-2-3-6-12(11)10-16(13)21(18,19)8-4-7-15/h2-3,5-6,13H,4,7-10H2,1H3. The van der Waals surface area contributed by atoms with Gasteiger partial charge in [-0.3, -0.25) is 4.79 Å². The highest BCUT2D eigenvalue weighted by molar-refractivity contribution is 7.89. The van der Waals surface area contributed by atoms with Crippen molar-refractivity contribution in [2.45, 2.75) is 25.4 Å². The number of ether oxygens (including phenoxy) is 1. The molecule has 1 unspecified atom stereocenters. The minimum absolute atomic E-state index is 0.0633. The fraction of sp³-hybridized carbons (Fsp3) is 0.500. The Bertz CT molecular complexity index is 617. The van der Waals surface area contributed by atoms with Gasteiger partial charge in [-0.1, -0.05) is 24.3 Å². The summed E-state index contributed by atoms with van der Waals surface area (Å²) in [6, 6.07) is 6.73. The van der Waals surface area contributed by atoms with Crippen LogP contribution >= 0.6 is 11.6 Å². The van der Waals surface area contributed by atoms with Crippen LogP contribution < -0.4 is 0 Å². The number of hydrogen-bond donors (Lipinski definition) is 0. The molecule has 0 amide bonds. The lowest BCUT2D eigenvalue weighted by Crippen LogP contribution is -2.49. The minimum Gasteiger partial charge on any atom is -0.468 e. The molecule has 0 saturated heterocycles. The Labute approximate surface area is 129 Å². The molecular weight excluding hydrogens is 314 g/mol. The van der Waals surface area contributed by atoms with Crippen LogP contribution in [0.3, 0.4) is 0 Å². The van der Waals surface area contributed by atoms with Gasteiger partial charge in [-0.05, 0) is 17.5 Å². The normalized spacial score (nSPS) is 19.0. The number of halogens is 1. The van der Waals surface area contributed by atoms with Crippen LogP contribution in [0, 0.1) is 0 Å². The van der Waals surface area contributed by atoms with Crippen LogP contribution in [0.1, 0.15) is 17.5 Å². The number of sulfonamides is 1. The van der Waals surface area contributed by atoms with E-state index in [1.165, 1.54) is 11.4 Å². The number of esters is 1. The van der Waals surface area contributed by atoms with Crippen LogP contribution in [0.4, 0.5) is 0 Å². The van der Waals surface area contributed by atoms with Crippen LogP contribution in [-0.4, -0.2) is 43.5 Å². The zero-order chi connectivity index (χ0) is 15.5. The van der Waals surface area contributed by atoms with Crippen molar-refractivity contribution >= 4 is 27.6 Å². The molecule has 1 aliphatic heterocycles. The quantitative estimate of drug-likeness (QED) is 0.606. The van der Waals surface area contributed by atoms with E-state index in [1.54, 1.807) is 0 Å². The number of fused-ring (bicyclic) bond motifs is 1. The predicted molar refractivity (Wildman–Crippen MR) is 80.6 cm³/mol. The monoisotopic (exact) mass is 331 g/mol. The summed E-state index contributed by atoms with van der Waals surface area (Å²) in [6.45, 7) is 0.195. The van der Waals surface area contributed by atoms with E-state index >= 15 is 0 Å². The Balaban J connectivity index is 2.35. The summed E-state index contributed by atoms with van der Waals surface area (Å²) in [5, 5.41) is 0. The molecule has 116 valence electrons. The second kappa shape index (κ2) is 6.77. The molecule has 1 atom stereocenters. The van der Waals surface area contributed by atoms with Gasteiger partial charge in [-0.15, -0.1) is 11.6 Å². The van der Waals surface area contributed by atoms with E-state index in [9.17, 15) is 13.2 Å². The van der Waals surface area contributed by atoms with E-state index in [-0.39, 0.29) is 18.2 Å². The zero-order valence-corrected chi connectivity index (χ0v) is 13.4. The summed E-state index contributed by atoms with van der Waals surface area (Å²) in [6.07, 6.45) is 0.693. The van der Waals surface area contributed by atoms with Crippen molar-refractivity contribution in [1.82, 2.24) is 4.31 Å². The number of nitrogens with zero attached hydrogens (tertiary/aromatic N) is 1. The molecule has 0 spiro atoms. The average Bonchev–Trinajstić information content (AvgIpc) is 2.51. The van der Waals surface area contributed by atoms with Crippen LogP contribution in [0.5, 0.6) is 0 Å². The number of methoxy groups -OCH3 is 1. The predicted octanol–water partition coefficient (Wildman–Crippen LogP) is 1.54. The van der Waals surface area contributed by atoms with Gasteiger partial charge in [-0.2, -0.15) is 4.31 Å². The molecule has 0 saturated carbocycles. The van der Waals surface area contributed by atoms with E-state index in [2.05, 4.69) is 0 Å². The molecule has 0 fully saturated rings. The highest BCUT2D eigenvalue weighted by Gasteiger charge is 2.38. The van der Waals surface area contributed by atoms with Gasteiger partial charge in [-0.25, -0.2) is 8.42 Å². The van der Waals surface area contributed by atoms with Crippen LogP contribution in [0.2, 0.25) is 0 Å². The Morgan fingerprint density at radius 1 is 1.38 bits per heavy atom. The summed E-state index contributed by atoms with van der Waals surface area (Å²) in [5.41, 5.74) is 1.91. The molecule has 0 aliphatic carbocycles. The van der Waals surface area contributed by atoms with Crippen molar-refractivity contribution in [2.75, 3.05) is 18.7 Å². The van der Waals surface area contributed by atoms with Crippen molar-refractivity contribution in [3.63, 3.8) is 0 Å². The molecule has 7 heteroatoms. The first-order chi connectivity index (χ1) is 9.99. The second-order valence-electron chi connectivity index (χ2n) is 4.92. The molecule has 1 aromatic carbocycles. The molecule has 2 rings (SSSR count). The number of hydrogen-bond acceptors (Lipinski definition) is 4. The third-order valence-corrected chi connectivity index (χ3v) is 5.74. The van der Waals surface area contributed by atoms with Crippen LogP contribution in [0.25, 0.3) is 0 Å². The maximum Gasteiger partial charge on any atom is 0.324 e. The third kappa shape index (κ3) is 3.56. The van der Waals surface area contributed by atoms with Crippen molar-refractivity contribution in [2.24, 2.45) is 0 Å². The first-order valence-electron chi connectivity index (χ1n) is 6.69. The average molecular weight is 332 g/mol. The number of alkyl halides is 1. The van der Waals surface area contributed by atoms with E-state index < -0.39 is 22.0 Å². The van der Waals surface area contributed by atoms with Crippen molar-refractivity contribution in [3.05, 3.63) is 35.4 Å². The molecule has 0 aromatic heterocycles. The molecule has 1 heterocycles. The number of rotatable bonds is 5. The smallest absolute Gasteiger partial charge is 0.324 e. The van der Waals surface area contributed by atoms with Crippen molar-refractivity contribution in [1.29, 1.82) is 0 Å². The SMILES string of the molecule is COC(=O)C1Cc2ccccc2CN1S(=O)(=O)CCCCl. The first kappa shape index (κ1) is 16.3. The van der Waals surface area contributed by atoms with Gasteiger partial charge < -0.3 is 4.74 Å². The highest BCUT2D eigenvalue weighted by atomic mass is 35.5. The topological polar surface area (TPSA) is 63.7 Å². The fourth-order valence-corrected chi connectivity index (χ4v) is 4.40. The third-order valence-electron chi connectivity index (χ3n) is 3.57. The van der Waals surface area contributed by atoms with E-state index in [1.807, 2.05) is 24.3 Å². The lowest BCUT2D eigenvalue weighted by atomic mass is 9.96. The van der Waals surface area contributed by atoms with Gasteiger partial charge in [0.05, 0.1) is 12.9 Å². The number of benzene rings is 1. The molecular formula is C14H18ClNO4S. The maximum atomic E-state index is 12.4. The fourth-order valence-electron chi connectivity index (χ4n) is 2.48. The maximum absolute atomic E-state index is 12.4. The molecule has 21 heavy (non-hydrogen) atoms.